The number of benzene rings is 7. The first-order valence-electron chi connectivity index (χ1n) is 41.9. The lowest BCUT2D eigenvalue weighted by molar-refractivity contribution is -0.133. The SMILES string of the molecule is [C-]#[N+]/C(=C\c1ccc(-c2ccc3c(c2)C(CCCCCCCC)(CCCCCCCC)c2cc(/C=C/c4cc5ccc(N(c6ccc7cc(/C=C/c8ccc9c(c8)C(CCCCCCCC)(CCCCCCCC)c8cc(-c%10ccc(/C=C(\C#N)C(=O)O)s%10)ccc8-9)sc7c6)c6ccc(C)cc6C)cc5s4)ccc2-3)s1)C(=O)O. The molecule has 0 saturated heterocycles. The summed E-state index contributed by atoms with van der Waals surface area (Å²) in [5, 5.41) is 31.4. The van der Waals surface area contributed by atoms with Crippen molar-refractivity contribution in [1.29, 1.82) is 5.26 Å². The Kier molecular flexibility index (Phi) is 27.8. The monoisotopic (exact) mass is 1570 g/mol. The Labute approximate surface area is 687 Å². The van der Waals surface area contributed by atoms with Gasteiger partial charge >= 0.3 is 11.9 Å². The van der Waals surface area contributed by atoms with Crippen molar-refractivity contribution >= 4 is 131 Å². The molecule has 0 aliphatic heterocycles. The highest BCUT2D eigenvalue weighted by Gasteiger charge is 2.44. The van der Waals surface area contributed by atoms with Crippen LogP contribution in [-0.2, 0) is 20.4 Å². The van der Waals surface area contributed by atoms with Gasteiger partial charge < -0.3 is 15.1 Å². The third-order valence-electron chi connectivity index (χ3n) is 23.7. The molecule has 13 rings (SSSR count). The van der Waals surface area contributed by atoms with Crippen molar-refractivity contribution in [3.63, 3.8) is 0 Å². The van der Waals surface area contributed by atoms with Crippen LogP contribution in [0.25, 0.3) is 105 Å². The van der Waals surface area contributed by atoms with Crippen LogP contribution >= 0.6 is 45.3 Å². The summed E-state index contributed by atoms with van der Waals surface area (Å²) in [5.41, 5.74) is 20.8. The van der Waals surface area contributed by atoms with Gasteiger partial charge in [0.2, 0.25) is 0 Å². The molecule has 0 atom stereocenters. The van der Waals surface area contributed by atoms with Crippen LogP contribution in [-0.4, -0.2) is 22.2 Å². The third-order valence-corrected chi connectivity index (χ3v) is 28.0. The van der Waals surface area contributed by atoms with Crippen molar-refractivity contribution in [3.05, 3.63) is 250 Å². The van der Waals surface area contributed by atoms with E-state index in [1.54, 1.807) is 11.3 Å². The van der Waals surface area contributed by atoms with Crippen molar-refractivity contribution in [1.82, 2.24) is 0 Å². The highest BCUT2D eigenvalue weighted by molar-refractivity contribution is 7.20. The van der Waals surface area contributed by atoms with Crippen molar-refractivity contribution in [3.8, 4) is 49.2 Å². The predicted octanol–water partition coefficient (Wildman–Crippen LogP) is 31.9. The van der Waals surface area contributed by atoms with Gasteiger partial charge in [0, 0.05) is 66.6 Å². The number of hydrogen-bond donors (Lipinski definition) is 2. The minimum absolute atomic E-state index is 0.150. The van der Waals surface area contributed by atoms with Crippen molar-refractivity contribution < 1.29 is 19.8 Å². The predicted molar refractivity (Wildman–Crippen MR) is 487 cm³/mol. The second kappa shape index (κ2) is 38.6. The number of aliphatic carboxylic acids is 2. The Hall–Kier alpha value is -9.46. The maximum Gasteiger partial charge on any atom is 0.346 e. The van der Waals surface area contributed by atoms with Crippen LogP contribution in [0, 0.1) is 31.8 Å². The topological polar surface area (TPSA) is 106 Å². The molecular formula is C102H109N3O4S4. The van der Waals surface area contributed by atoms with E-state index >= 15 is 0 Å². The lowest BCUT2D eigenvalue weighted by Crippen LogP contribution is -2.25. The molecule has 0 unspecified atom stereocenters. The summed E-state index contributed by atoms with van der Waals surface area (Å²) in [6.07, 6.45) is 46.5. The fraction of sp³-hybridized carbons (Fsp3) is 0.353. The van der Waals surface area contributed by atoms with Crippen LogP contribution < -0.4 is 4.90 Å². The highest BCUT2D eigenvalue weighted by Crippen LogP contribution is 2.58. The molecule has 7 aromatic carbocycles. The smallest absolute Gasteiger partial charge is 0.346 e. The molecular weight excluding hydrogens is 1460 g/mol. The summed E-state index contributed by atoms with van der Waals surface area (Å²) in [6, 6.07) is 63.9. The fourth-order valence-corrected chi connectivity index (χ4v) is 21.7. The van der Waals surface area contributed by atoms with E-state index in [0.29, 0.717) is 0 Å². The molecule has 113 heavy (non-hydrogen) atoms. The maximum absolute atomic E-state index is 11.9. The summed E-state index contributed by atoms with van der Waals surface area (Å²) in [7, 11) is 0. The van der Waals surface area contributed by atoms with Crippen molar-refractivity contribution in [2.24, 2.45) is 0 Å². The van der Waals surface area contributed by atoms with Gasteiger partial charge in [-0.05, 0) is 226 Å². The first-order chi connectivity index (χ1) is 55.2. The van der Waals surface area contributed by atoms with Crippen molar-refractivity contribution in [2.75, 3.05) is 4.90 Å². The molecule has 0 fully saturated rings. The number of carboxylic acid groups (broad SMARTS) is 2. The second-order valence-electron chi connectivity index (χ2n) is 31.7. The Morgan fingerprint density at radius 3 is 1.23 bits per heavy atom. The van der Waals surface area contributed by atoms with E-state index in [-0.39, 0.29) is 22.1 Å². The molecule has 0 radical (unpaired) electrons. The van der Waals surface area contributed by atoms with Gasteiger partial charge in [0.25, 0.3) is 5.70 Å². The lowest BCUT2D eigenvalue weighted by atomic mass is 9.70. The number of nitriles is 1. The average molecular weight is 1570 g/mol. The summed E-state index contributed by atoms with van der Waals surface area (Å²) in [4.78, 5) is 35.5. The first-order valence-corrected chi connectivity index (χ1v) is 45.2. The Balaban J connectivity index is 0.794. The minimum Gasteiger partial charge on any atom is -0.486 e. The molecule has 7 nitrogen and oxygen atoms in total. The standard InChI is InChI=1S/C102H109N3O4S4/c1-8-12-16-20-24-28-54-101(55-29-25-21-17-13-9-2)89-59-72(35-47-85(89)87-49-39-76(64-91(87)101)95-52-45-83(110-95)63-78(69-103)99(106)107)33-43-81-61-74-37-41-79(66-97(74)112-81)105(94-51-32-70(5)58-71(94)6)80-42-38-75-62-82(113-98(75)67-80)44-34-73-36-48-86-88-50-40-77(96-53-46-84(111-96)68-93(104-7)100(108)109)65-92(88)102(90(86)60-73,56-30-26-22-18-14-10-3)57-31-27-23-19-15-11-4/h32-53,58-68H,8-31,54-57H2,1-6H3,(H,106,107)(H,108,109)/b43-33+,44-34+,78-63+,93-68-. The minimum atomic E-state index is -1.21. The van der Waals surface area contributed by atoms with Gasteiger partial charge in [-0.15, -0.1) is 45.3 Å². The summed E-state index contributed by atoms with van der Waals surface area (Å²) < 4.78 is 2.47. The quantitative estimate of drug-likeness (QED) is 0.0171. The molecule has 0 spiro atoms. The highest BCUT2D eigenvalue weighted by atomic mass is 32.1. The van der Waals surface area contributed by atoms with E-state index in [1.807, 2.05) is 40.9 Å². The normalized spacial score (nSPS) is 13.5. The lowest BCUT2D eigenvalue weighted by Gasteiger charge is -2.33. The number of carbonyl (C=O) groups is 2. The van der Waals surface area contributed by atoms with Gasteiger partial charge in [-0.2, -0.15) is 5.26 Å². The number of unbranched alkanes of at least 4 members (excludes halogenated alkanes) is 20. The van der Waals surface area contributed by atoms with E-state index in [4.69, 9.17) is 6.57 Å². The molecule has 11 aromatic rings. The maximum atomic E-state index is 11.9. The molecule has 11 heteroatoms. The third kappa shape index (κ3) is 19.0. The van der Waals surface area contributed by atoms with Crippen LogP contribution in [0.3, 0.4) is 0 Å². The number of thiophene rings is 4. The fourth-order valence-electron chi connectivity index (χ4n) is 17.8. The molecule has 2 aliphatic carbocycles. The molecule has 2 aliphatic rings. The summed E-state index contributed by atoms with van der Waals surface area (Å²) in [6.45, 7) is 21.1. The molecule has 580 valence electrons. The molecule has 0 saturated carbocycles. The van der Waals surface area contributed by atoms with E-state index < -0.39 is 11.9 Å². The van der Waals surface area contributed by atoms with Gasteiger partial charge in [0.1, 0.15) is 11.6 Å². The second-order valence-corrected chi connectivity index (χ2v) is 36.2. The summed E-state index contributed by atoms with van der Waals surface area (Å²) >= 11 is 6.78. The Bertz CT molecular complexity index is 5080. The van der Waals surface area contributed by atoms with Gasteiger partial charge in [-0.3, -0.25) is 4.79 Å². The largest absolute Gasteiger partial charge is 0.486 e. The molecule has 0 amide bonds. The molecule has 4 aromatic heterocycles. The van der Waals surface area contributed by atoms with Crippen LogP contribution in [0.1, 0.15) is 271 Å². The number of rotatable bonds is 41. The molecule has 0 bridgehead atoms. The van der Waals surface area contributed by atoms with E-state index in [2.05, 4.69) is 227 Å². The van der Waals surface area contributed by atoms with E-state index in [1.165, 1.54) is 274 Å². The number of anilines is 3. The zero-order chi connectivity index (χ0) is 78.9. The first kappa shape index (κ1) is 81.6. The van der Waals surface area contributed by atoms with Crippen LogP contribution in [0.5, 0.6) is 0 Å². The van der Waals surface area contributed by atoms with E-state index in [9.17, 15) is 25.1 Å². The number of hydrogen-bond acceptors (Lipinski definition) is 8. The van der Waals surface area contributed by atoms with E-state index in [0.717, 1.165) is 73.4 Å². The number of carboxylic acids is 2. The van der Waals surface area contributed by atoms with Crippen molar-refractivity contribution in [2.45, 2.75) is 232 Å². The van der Waals surface area contributed by atoms with Gasteiger partial charge in [0.15, 0.2) is 0 Å². The molecule has 2 N–H and O–H groups in total. The number of fused-ring (bicyclic) bond motifs is 8. The Morgan fingerprint density at radius 2 is 0.832 bits per heavy atom. The molecule has 4 heterocycles. The number of nitrogens with zero attached hydrogens (tertiary/aromatic N) is 3. The summed E-state index contributed by atoms with van der Waals surface area (Å²) in [5.74, 6) is -2.41. The number of aryl methyl sites for hydroxylation is 2. The van der Waals surface area contributed by atoms with Gasteiger partial charge in [0.05, 0.1) is 6.57 Å². The van der Waals surface area contributed by atoms with Crippen LogP contribution in [0.4, 0.5) is 17.1 Å². The average Bonchev–Trinajstić information content (AvgIpc) is 1.57. The van der Waals surface area contributed by atoms with Gasteiger partial charge in [-0.1, -0.05) is 284 Å². The zero-order valence-electron chi connectivity index (χ0n) is 67.0. The van der Waals surface area contributed by atoms with Crippen LogP contribution in [0.2, 0.25) is 0 Å². The Morgan fingerprint density at radius 1 is 0.425 bits per heavy atom. The van der Waals surface area contributed by atoms with Gasteiger partial charge in [-0.25, -0.2) is 9.64 Å². The zero-order valence-corrected chi connectivity index (χ0v) is 70.3. The van der Waals surface area contributed by atoms with Crippen LogP contribution in [0.15, 0.2) is 175 Å².